The molecule has 1 aromatic carbocycles. The second-order valence-electron chi connectivity index (χ2n) is 2.21. The summed E-state index contributed by atoms with van der Waals surface area (Å²) in [6.07, 6.45) is 0. The first kappa shape index (κ1) is 11.7. The van der Waals surface area contributed by atoms with Crippen molar-refractivity contribution in [3.63, 3.8) is 0 Å². The Morgan fingerprint density at radius 2 is 1.07 bits per heavy atom. The first-order valence-corrected chi connectivity index (χ1v) is 4.29. The van der Waals surface area contributed by atoms with Crippen LogP contribution in [0.5, 0.6) is 5.75 Å². The van der Waals surface area contributed by atoms with Gasteiger partial charge in [-0.15, -0.1) is 0 Å². The van der Waals surface area contributed by atoms with E-state index in [2.05, 4.69) is 4.18 Å². The van der Waals surface area contributed by atoms with Crippen molar-refractivity contribution in [2.24, 2.45) is 0 Å². The van der Waals surface area contributed by atoms with Gasteiger partial charge in [-0.25, -0.2) is 13.2 Å². The van der Waals surface area contributed by atoms with Gasteiger partial charge in [0.2, 0.25) is 34.8 Å². The SMILES string of the molecule is O=[SH](=O)Oc1c(F)c(F)c(F)c(F)c1F. The molecule has 0 aliphatic heterocycles. The van der Waals surface area contributed by atoms with Gasteiger partial charge in [0.25, 0.3) is 11.0 Å². The van der Waals surface area contributed by atoms with Gasteiger partial charge in [0, 0.05) is 0 Å². The molecule has 0 saturated heterocycles. The lowest BCUT2D eigenvalue weighted by molar-refractivity contribution is 0.350. The molecule has 3 nitrogen and oxygen atoms in total. The van der Waals surface area contributed by atoms with Crippen LogP contribution in [0.3, 0.4) is 0 Å². The summed E-state index contributed by atoms with van der Waals surface area (Å²) in [6, 6.07) is 0. The van der Waals surface area contributed by atoms with E-state index >= 15 is 0 Å². The van der Waals surface area contributed by atoms with Crippen LogP contribution in [0.1, 0.15) is 0 Å². The Hall–Kier alpha value is -1.38. The first-order chi connectivity index (χ1) is 6.86. The minimum Gasteiger partial charge on any atom is -0.378 e. The number of halogens is 5. The minimum atomic E-state index is -3.78. The molecular formula is C6HF5O3S. The van der Waals surface area contributed by atoms with Gasteiger partial charge < -0.3 is 4.18 Å². The smallest absolute Gasteiger partial charge is 0.299 e. The van der Waals surface area contributed by atoms with E-state index in [1.165, 1.54) is 0 Å². The highest BCUT2D eigenvalue weighted by Crippen LogP contribution is 2.28. The highest BCUT2D eigenvalue weighted by Gasteiger charge is 2.27. The van der Waals surface area contributed by atoms with Crippen molar-refractivity contribution >= 4 is 11.0 Å². The maximum Gasteiger partial charge on any atom is 0.299 e. The lowest BCUT2D eigenvalue weighted by Crippen LogP contribution is -2.05. The van der Waals surface area contributed by atoms with Gasteiger partial charge in [0.1, 0.15) is 0 Å². The maximum absolute atomic E-state index is 12.6. The number of thiol groups is 1. The molecule has 0 radical (unpaired) electrons. The Bertz CT molecular complexity index is 447. The molecule has 0 unspecified atom stereocenters. The average molecular weight is 248 g/mol. The summed E-state index contributed by atoms with van der Waals surface area (Å²) >= 11 is 0. The molecule has 1 aromatic rings. The number of rotatable bonds is 2. The monoisotopic (exact) mass is 248 g/mol. The van der Waals surface area contributed by atoms with Crippen LogP contribution in [-0.4, -0.2) is 8.42 Å². The van der Waals surface area contributed by atoms with Crippen molar-refractivity contribution in [3.8, 4) is 5.75 Å². The Labute approximate surface area is 81.2 Å². The average Bonchev–Trinajstić information content (AvgIpc) is 2.18. The predicted molar refractivity (Wildman–Crippen MR) is 37.2 cm³/mol. The van der Waals surface area contributed by atoms with Crippen LogP contribution in [0.2, 0.25) is 0 Å². The van der Waals surface area contributed by atoms with Crippen LogP contribution >= 0.6 is 0 Å². The van der Waals surface area contributed by atoms with Crippen molar-refractivity contribution in [2.45, 2.75) is 0 Å². The van der Waals surface area contributed by atoms with Crippen molar-refractivity contribution in [1.29, 1.82) is 0 Å². The van der Waals surface area contributed by atoms with E-state index in [1.807, 2.05) is 0 Å². The summed E-state index contributed by atoms with van der Waals surface area (Å²) in [6.45, 7) is 0. The fourth-order valence-electron chi connectivity index (χ4n) is 0.739. The zero-order valence-corrected chi connectivity index (χ0v) is 7.46. The van der Waals surface area contributed by atoms with E-state index < -0.39 is 45.8 Å². The van der Waals surface area contributed by atoms with E-state index in [4.69, 9.17) is 0 Å². The maximum atomic E-state index is 12.6. The second kappa shape index (κ2) is 4.01. The third-order valence-corrected chi connectivity index (χ3v) is 1.67. The summed E-state index contributed by atoms with van der Waals surface area (Å²) in [7, 11) is -3.78. The van der Waals surface area contributed by atoms with E-state index in [0.717, 1.165) is 0 Å². The van der Waals surface area contributed by atoms with E-state index in [-0.39, 0.29) is 0 Å². The first-order valence-electron chi connectivity index (χ1n) is 3.20. The highest BCUT2D eigenvalue weighted by molar-refractivity contribution is 7.67. The van der Waals surface area contributed by atoms with Crippen LogP contribution in [0.4, 0.5) is 22.0 Å². The van der Waals surface area contributed by atoms with Gasteiger partial charge in [-0.1, -0.05) is 0 Å². The topological polar surface area (TPSA) is 43.4 Å². The quantitative estimate of drug-likeness (QED) is 0.371. The molecule has 0 amide bonds. The third-order valence-electron chi connectivity index (χ3n) is 1.34. The molecule has 84 valence electrons. The van der Waals surface area contributed by atoms with Gasteiger partial charge in [-0.3, -0.25) is 0 Å². The summed E-state index contributed by atoms with van der Waals surface area (Å²) < 4.78 is 85.8. The van der Waals surface area contributed by atoms with Crippen molar-refractivity contribution < 1.29 is 34.6 Å². The van der Waals surface area contributed by atoms with E-state index in [1.54, 1.807) is 0 Å². The van der Waals surface area contributed by atoms with Crippen LogP contribution in [0.25, 0.3) is 0 Å². The molecule has 0 aromatic heterocycles. The molecular weight excluding hydrogens is 247 g/mol. The van der Waals surface area contributed by atoms with E-state index in [9.17, 15) is 30.4 Å². The van der Waals surface area contributed by atoms with Crippen molar-refractivity contribution in [1.82, 2.24) is 0 Å². The van der Waals surface area contributed by atoms with Gasteiger partial charge in [-0.2, -0.15) is 17.2 Å². The highest BCUT2D eigenvalue weighted by atomic mass is 32.2. The molecule has 0 heterocycles. The molecule has 1 rings (SSSR count). The Morgan fingerprint density at radius 3 is 1.40 bits per heavy atom. The largest absolute Gasteiger partial charge is 0.378 e. The van der Waals surface area contributed by atoms with Gasteiger partial charge in [0.15, 0.2) is 0 Å². The molecule has 0 aliphatic rings. The van der Waals surface area contributed by atoms with Gasteiger partial charge in [0.05, 0.1) is 0 Å². The number of hydrogen-bond donors (Lipinski definition) is 1. The zero-order valence-electron chi connectivity index (χ0n) is 6.56. The normalized spacial score (nSPS) is 10.8. The Morgan fingerprint density at radius 1 is 0.733 bits per heavy atom. The molecule has 0 saturated carbocycles. The summed E-state index contributed by atoms with van der Waals surface area (Å²) in [5, 5.41) is 0. The summed E-state index contributed by atoms with van der Waals surface area (Å²) in [5.41, 5.74) is 0. The molecule has 0 fully saturated rings. The fraction of sp³-hybridized carbons (Fsp3) is 0. The standard InChI is InChI=1S/C6HF5O3S/c7-1-2(8)4(10)6(14-15(12)13)5(11)3(1)9/h15H. The van der Waals surface area contributed by atoms with Crippen LogP contribution in [0, 0.1) is 29.1 Å². The third kappa shape index (κ3) is 2.01. The summed E-state index contributed by atoms with van der Waals surface area (Å²) in [5.74, 6) is -13.5. The molecule has 0 N–H and O–H groups in total. The number of benzene rings is 1. The van der Waals surface area contributed by atoms with Crippen LogP contribution in [-0.2, 0) is 11.0 Å². The molecule has 9 heteroatoms. The zero-order chi connectivity index (χ0) is 11.7. The molecule has 0 spiro atoms. The Kier molecular flexibility index (Phi) is 3.12. The number of hydrogen-bond acceptors (Lipinski definition) is 3. The minimum absolute atomic E-state index is 1.84. The molecule has 0 bridgehead atoms. The molecule has 0 aliphatic carbocycles. The van der Waals surface area contributed by atoms with Gasteiger partial charge >= 0.3 is 0 Å². The van der Waals surface area contributed by atoms with Crippen molar-refractivity contribution in [3.05, 3.63) is 29.1 Å². The Balaban J connectivity index is 3.52. The predicted octanol–water partition coefficient (Wildman–Crippen LogP) is 1.29. The van der Waals surface area contributed by atoms with Crippen molar-refractivity contribution in [2.75, 3.05) is 0 Å². The van der Waals surface area contributed by atoms with Crippen LogP contribution < -0.4 is 4.18 Å². The molecule has 15 heavy (non-hydrogen) atoms. The van der Waals surface area contributed by atoms with E-state index in [0.29, 0.717) is 0 Å². The molecule has 0 atom stereocenters. The van der Waals surface area contributed by atoms with Crippen LogP contribution in [0.15, 0.2) is 0 Å². The lowest BCUT2D eigenvalue weighted by Gasteiger charge is -2.04. The fourth-order valence-corrected chi connectivity index (χ4v) is 1.05. The second-order valence-corrected chi connectivity index (χ2v) is 2.84. The summed E-state index contributed by atoms with van der Waals surface area (Å²) in [4.78, 5) is 0. The van der Waals surface area contributed by atoms with Gasteiger partial charge in [-0.05, 0) is 0 Å². The lowest BCUT2D eigenvalue weighted by atomic mass is 10.3.